The van der Waals surface area contributed by atoms with E-state index in [0.29, 0.717) is 5.82 Å². The molecule has 0 unspecified atom stereocenters. The number of aromatic nitrogens is 2. The van der Waals surface area contributed by atoms with Crippen molar-refractivity contribution in [3.63, 3.8) is 0 Å². The molecule has 1 amide bonds. The van der Waals surface area contributed by atoms with Crippen LogP contribution in [0, 0.1) is 6.92 Å². The number of nitrogens with one attached hydrogen (secondary N) is 1. The number of carbonyl (C=O) groups is 2. The quantitative estimate of drug-likeness (QED) is 0.664. The minimum atomic E-state index is -0.615. The first-order chi connectivity index (χ1) is 7.51. The van der Waals surface area contributed by atoms with Gasteiger partial charge in [0.15, 0.2) is 5.69 Å². The Bertz CT molecular complexity index is 425. The minimum Gasteiger partial charge on any atom is -0.464 e. The summed E-state index contributed by atoms with van der Waals surface area (Å²) in [6.07, 6.45) is 0. The molecule has 0 radical (unpaired) electrons. The number of esters is 1. The van der Waals surface area contributed by atoms with Crippen molar-refractivity contribution in [1.82, 2.24) is 14.9 Å². The monoisotopic (exact) mass is 226 g/mol. The molecular weight excluding hydrogens is 212 g/mol. The van der Waals surface area contributed by atoms with E-state index in [9.17, 15) is 9.59 Å². The molecule has 0 aliphatic rings. The Balaban J connectivity index is 3.07. The third kappa shape index (κ3) is 2.13. The first-order valence-electron chi connectivity index (χ1n) is 4.62. The van der Waals surface area contributed by atoms with Crippen LogP contribution in [0.25, 0.3) is 0 Å². The molecule has 0 atom stereocenters. The number of nitrogens with zero attached hydrogens (tertiary/aromatic N) is 2. The molecule has 7 heteroatoms. The number of hydrogen-bond donors (Lipinski definition) is 2. The summed E-state index contributed by atoms with van der Waals surface area (Å²) in [6.45, 7) is 1.68. The van der Waals surface area contributed by atoms with Gasteiger partial charge in [-0.2, -0.15) is 0 Å². The summed E-state index contributed by atoms with van der Waals surface area (Å²) in [5.41, 5.74) is 5.73. The number of imidazole rings is 1. The number of anilines is 1. The predicted molar refractivity (Wildman–Crippen MR) is 56.8 cm³/mol. The van der Waals surface area contributed by atoms with Gasteiger partial charge in [-0.25, -0.2) is 9.78 Å². The van der Waals surface area contributed by atoms with E-state index in [2.05, 4.69) is 15.0 Å². The summed E-state index contributed by atoms with van der Waals surface area (Å²) in [6, 6.07) is 0. The van der Waals surface area contributed by atoms with Crippen molar-refractivity contribution in [2.45, 2.75) is 13.5 Å². The number of rotatable bonds is 3. The highest BCUT2D eigenvalue weighted by molar-refractivity contribution is 5.92. The van der Waals surface area contributed by atoms with Crippen molar-refractivity contribution in [3.05, 3.63) is 11.5 Å². The normalized spacial score (nSPS) is 9.94. The number of carbonyl (C=O) groups excluding carboxylic acids is 2. The van der Waals surface area contributed by atoms with Crippen LogP contribution in [-0.4, -0.2) is 35.6 Å². The van der Waals surface area contributed by atoms with Crippen molar-refractivity contribution in [2.24, 2.45) is 0 Å². The zero-order chi connectivity index (χ0) is 12.3. The Morgan fingerprint density at radius 1 is 1.56 bits per heavy atom. The number of nitrogen functional groups attached to an aromatic ring is 1. The van der Waals surface area contributed by atoms with Gasteiger partial charge in [0.05, 0.1) is 7.11 Å². The van der Waals surface area contributed by atoms with Gasteiger partial charge in [0, 0.05) is 7.05 Å². The van der Waals surface area contributed by atoms with E-state index in [1.165, 1.54) is 18.7 Å². The average Bonchev–Trinajstić information content (AvgIpc) is 2.55. The minimum absolute atomic E-state index is 0.0260. The lowest BCUT2D eigenvalue weighted by atomic mass is 10.4. The summed E-state index contributed by atoms with van der Waals surface area (Å²) in [4.78, 5) is 26.4. The van der Waals surface area contributed by atoms with Crippen molar-refractivity contribution in [1.29, 1.82) is 0 Å². The van der Waals surface area contributed by atoms with Crippen LogP contribution in [0.5, 0.6) is 0 Å². The van der Waals surface area contributed by atoms with Gasteiger partial charge in [-0.3, -0.25) is 4.79 Å². The lowest BCUT2D eigenvalue weighted by Gasteiger charge is -2.05. The fourth-order valence-corrected chi connectivity index (χ4v) is 1.25. The molecule has 0 bridgehead atoms. The van der Waals surface area contributed by atoms with Crippen LogP contribution in [0.4, 0.5) is 5.82 Å². The second-order valence-corrected chi connectivity index (χ2v) is 3.14. The van der Waals surface area contributed by atoms with E-state index in [1.54, 1.807) is 6.92 Å². The van der Waals surface area contributed by atoms with Crippen LogP contribution >= 0.6 is 0 Å². The van der Waals surface area contributed by atoms with Crippen LogP contribution in [0.15, 0.2) is 0 Å². The lowest BCUT2D eigenvalue weighted by molar-refractivity contribution is -0.121. The molecule has 0 fully saturated rings. The Hall–Kier alpha value is -2.05. The molecular formula is C9H14N4O3. The molecule has 0 aliphatic heterocycles. The number of amides is 1. The maximum absolute atomic E-state index is 11.3. The topological polar surface area (TPSA) is 99.2 Å². The van der Waals surface area contributed by atoms with E-state index in [-0.39, 0.29) is 24.0 Å². The smallest absolute Gasteiger partial charge is 0.360 e. The number of aryl methyl sites for hydroxylation is 1. The van der Waals surface area contributed by atoms with E-state index in [4.69, 9.17) is 5.73 Å². The molecule has 0 aliphatic carbocycles. The molecule has 0 spiro atoms. The molecule has 0 aromatic carbocycles. The SMILES string of the molecule is CNC(=O)Cn1c(C)nc(C(=O)OC)c1N. The summed E-state index contributed by atoms with van der Waals surface area (Å²) in [7, 11) is 2.76. The summed E-state index contributed by atoms with van der Waals surface area (Å²) in [5, 5.41) is 2.46. The van der Waals surface area contributed by atoms with Gasteiger partial charge in [0.2, 0.25) is 5.91 Å². The Morgan fingerprint density at radius 3 is 2.69 bits per heavy atom. The number of likely N-dealkylation sites (N-methyl/N-ethyl adjacent to an activating group) is 1. The second kappa shape index (κ2) is 4.65. The molecule has 0 saturated heterocycles. The molecule has 88 valence electrons. The molecule has 1 aromatic heterocycles. The highest BCUT2D eigenvalue weighted by atomic mass is 16.5. The van der Waals surface area contributed by atoms with Crippen LogP contribution in [0.1, 0.15) is 16.3 Å². The van der Waals surface area contributed by atoms with Crippen LogP contribution < -0.4 is 11.1 Å². The fourth-order valence-electron chi connectivity index (χ4n) is 1.25. The van der Waals surface area contributed by atoms with E-state index in [0.717, 1.165) is 0 Å². The van der Waals surface area contributed by atoms with Gasteiger partial charge < -0.3 is 20.4 Å². The Labute approximate surface area is 92.6 Å². The van der Waals surface area contributed by atoms with Gasteiger partial charge >= 0.3 is 5.97 Å². The van der Waals surface area contributed by atoms with E-state index < -0.39 is 5.97 Å². The van der Waals surface area contributed by atoms with Gasteiger partial charge in [-0.1, -0.05) is 0 Å². The average molecular weight is 226 g/mol. The molecule has 3 N–H and O–H groups in total. The van der Waals surface area contributed by atoms with Crippen LogP contribution in [0.3, 0.4) is 0 Å². The first kappa shape index (κ1) is 12.0. The number of hydrogen-bond acceptors (Lipinski definition) is 5. The van der Waals surface area contributed by atoms with Crippen molar-refractivity contribution in [3.8, 4) is 0 Å². The molecule has 0 saturated carbocycles. The summed E-state index contributed by atoms with van der Waals surface area (Å²) >= 11 is 0. The summed E-state index contributed by atoms with van der Waals surface area (Å²) < 4.78 is 5.97. The second-order valence-electron chi connectivity index (χ2n) is 3.14. The highest BCUT2D eigenvalue weighted by Crippen LogP contribution is 2.14. The van der Waals surface area contributed by atoms with Gasteiger partial charge in [-0.15, -0.1) is 0 Å². The molecule has 1 aromatic rings. The van der Waals surface area contributed by atoms with E-state index >= 15 is 0 Å². The first-order valence-corrected chi connectivity index (χ1v) is 4.62. The number of nitrogens with two attached hydrogens (primary N) is 1. The number of ether oxygens (including phenoxy) is 1. The molecule has 7 nitrogen and oxygen atoms in total. The molecule has 1 heterocycles. The fraction of sp³-hybridized carbons (Fsp3) is 0.444. The molecule has 16 heavy (non-hydrogen) atoms. The van der Waals surface area contributed by atoms with E-state index in [1.807, 2.05) is 0 Å². The van der Waals surface area contributed by atoms with Crippen molar-refractivity contribution < 1.29 is 14.3 Å². The predicted octanol–water partition coefficient (Wildman–Crippen LogP) is -0.694. The molecule has 1 rings (SSSR count). The zero-order valence-corrected chi connectivity index (χ0v) is 9.40. The van der Waals surface area contributed by atoms with Gasteiger partial charge in [0.1, 0.15) is 18.2 Å². The standard InChI is InChI=1S/C9H14N4O3/c1-5-12-7(9(15)16-3)8(10)13(5)4-6(14)11-2/h4,10H2,1-3H3,(H,11,14). The third-order valence-electron chi connectivity index (χ3n) is 2.16. The Morgan fingerprint density at radius 2 is 2.19 bits per heavy atom. The van der Waals surface area contributed by atoms with Gasteiger partial charge in [-0.05, 0) is 6.92 Å². The Kier molecular flexibility index (Phi) is 3.49. The largest absolute Gasteiger partial charge is 0.464 e. The summed E-state index contributed by atoms with van der Waals surface area (Å²) in [5.74, 6) is -0.214. The number of methoxy groups -OCH3 is 1. The maximum Gasteiger partial charge on any atom is 0.360 e. The van der Waals surface area contributed by atoms with Crippen LogP contribution in [0.2, 0.25) is 0 Å². The highest BCUT2D eigenvalue weighted by Gasteiger charge is 2.19. The third-order valence-corrected chi connectivity index (χ3v) is 2.16. The van der Waals surface area contributed by atoms with Crippen molar-refractivity contribution in [2.75, 3.05) is 19.9 Å². The van der Waals surface area contributed by atoms with Gasteiger partial charge in [0.25, 0.3) is 0 Å². The van der Waals surface area contributed by atoms with Crippen LogP contribution in [-0.2, 0) is 16.1 Å². The maximum atomic E-state index is 11.3. The van der Waals surface area contributed by atoms with Crippen molar-refractivity contribution >= 4 is 17.7 Å². The zero-order valence-electron chi connectivity index (χ0n) is 9.40. The lowest BCUT2D eigenvalue weighted by Crippen LogP contribution is -2.24.